The average molecular weight is 674 g/mol. The molecule has 0 aliphatic carbocycles. The molecule has 3 aliphatic rings. The molecule has 1 atom stereocenters. The monoisotopic (exact) mass is 672 g/mol. The van der Waals surface area contributed by atoms with Crippen LogP contribution in [0.25, 0.3) is 5.65 Å². The molecular formula is C31H41BrN6O6. The second kappa shape index (κ2) is 14.4. The minimum atomic E-state index is -0.540. The summed E-state index contributed by atoms with van der Waals surface area (Å²) in [5.74, 6) is 1.18. The maximum Gasteiger partial charge on any atom is 0.420 e. The lowest BCUT2D eigenvalue weighted by atomic mass is 10.1. The van der Waals surface area contributed by atoms with E-state index in [0.717, 1.165) is 70.9 Å². The van der Waals surface area contributed by atoms with Crippen LogP contribution in [0.4, 0.5) is 22.0 Å². The van der Waals surface area contributed by atoms with Gasteiger partial charge in [-0.15, -0.1) is 0 Å². The minimum Gasteiger partial charge on any atom is -0.489 e. The molecule has 0 saturated carbocycles. The molecule has 44 heavy (non-hydrogen) atoms. The number of rotatable bonds is 11. The standard InChI is InChI=1S/C31H41BrN6O6/c1-22(2)19-44-31(39)38(30-29-33-8-9-37(29)18-27(32)34-30)23-6-7-25(36-12-10-35(11-13-36)24-20-40-21-24)26(17-23)41-15-16-43-28-5-3-4-14-42-28/h6-9,17-18,22,24,28H,3-5,10-16,19-21H2,1-2H3. The Morgan fingerprint density at radius 2 is 2.00 bits per heavy atom. The Kier molecular flexibility index (Phi) is 10.2. The van der Waals surface area contributed by atoms with Gasteiger partial charge in [0.1, 0.15) is 17.0 Å². The molecule has 3 aliphatic heterocycles. The van der Waals surface area contributed by atoms with Gasteiger partial charge in [-0.2, -0.15) is 0 Å². The van der Waals surface area contributed by atoms with E-state index in [9.17, 15) is 4.79 Å². The van der Waals surface area contributed by atoms with Crippen molar-refractivity contribution in [3.05, 3.63) is 41.4 Å². The van der Waals surface area contributed by atoms with Gasteiger partial charge < -0.3 is 33.0 Å². The van der Waals surface area contributed by atoms with Crippen molar-refractivity contribution in [1.82, 2.24) is 19.3 Å². The molecule has 0 bridgehead atoms. The van der Waals surface area contributed by atoms with Crippen molar-refractivity contribution in [3.63, 3.8) is 0 Å². The fraction of sp³-hybridized carbons (Fsp3) is 0.581. The van der Waals surface area contributed by atoms with Gasteiger partial charge in [0.15, 0.2) is 17.8 Å². The van der Waals surface area contributed by atoms with E-state index in [4.69, 9.17) is 23.7 Å². The molecule has 13 heteroatoms. The molecule has 3 aromatic rings. The zero-order valence-corrected chi connectivity index (χ0v) is 27.0. The first kappa shape index (κ1) is 31.0. The maximum atomic E-state index is 13.7. The molecule has 2 aromatic heterocycles. The van der Waals surface area contributed by atoms with Gasteiger partial charge in [-0.3, -0.25) is 4.90 Å². The smallest absolute Gasteiger partial charge is 0.420 e. The zero-order chi connectivity index (χ0) is 30.5. The first-order valence-electron chi connectivity index (χ1n) is 15.5. The molecule has 3 saturated heterocycles. The largest absolute Gasteiger partial charge is 0.489 e. The molecule has 3 fully saturated rings. The summed E-state index contributed by atoms with van der Waals surface area (Å²) in [5.41, 5.74) is 2.06. The highest BCUT2D eigenvalue weighted by atomic mass is 79.9. The number of ether oxygens (including phenoxy) is 5. The predicted octanol–water partition coefficient (Wildman–Crippen LogP) is 4.87. The Morgan fingerprint density at radius 1 is 1.16 bits per heavy atom. The normalized spacial score (nSPS) is 19.7. The third-order valence-electron chi connectivity index (χ3n) is 8.04. The number of anilines is 3. The van der Waals surface area contributed by atoms with Crippen molar-refractivity contribution in [2.45, 2.75) is 45.4 Å². The number of imidazole rings is 1. The second-order valence-corrected chi connectivity index (χ2v) is 12.5. The van der Waals surface area contributed by atoms with Crippen LogP contribution in [-0.4, -0.2) is 104 Å². The third-order valence-corrected chi connectivity index (χ3v) is 8.42. The van der Waals surface area contributed by atoms with Crippen LogP contribution in [-0.2, 0) is 18.9 Å². The van der Waals surface area contributed by atoms with Crippen LogP contribution in [0.15, 0.2) is 41.4 Å². The Bertz CT molecular complexity index is 1400. The summed E-state index contributed by atoms with van der Waals surface area (Å²) in [5, 5.41) is 0. The van der Waals surface area contributed by atoms with Crippen LogP contribution in [0.1, 0.15) is 33.1 Å². The number of aromatic nitrogens is 3. The van der Waals surface area contributed by atoms with E-state index in [1.54, 1.807) is 12.4 Å². The van der Waals surface area contributed by atoms with Crippen molar-refractivity contribution >= 4 is 44.9 Å². The van der Waals surface area contributed by atoms with Crippen molar-refractivity contribution in [2.75, 3.05) is 75.6 Å². The highest BCUT2D eigenvalue weighted by Crippen LogP contribution is 2.37. The highest BCUT2D eigenvalue weighted by molar-refractivity contribution is 9.10. The summed E-state index contributed by atoms with van der Waals surface area (Å²) in [7, 11) is 0. The number of piperazine rings is 1. The number of carbonyl (C=O) groups excluding carboxylic acids is 1. The summed E-state index contributed by atoms with van der Waals surface area (Å²) in [6, 6.07) is 6.33. The van der Waals surface area contributed by atoms with Crippen molar-refractivity contribution in [2.24, 2.45) is 5.92 Å². The van der Waals surface area contributed by atoms with E-state index in [-0.39, 0.29) is 18.8 Å². The SMILES string of the molecule is CC(C)COC(=O)N(c1ccc(N2CCN(C3COC3)CC2)c(OCCOC2CCCCO2)c1)c1nc(Br)cn2ccnc12. The van der Waals surface area contributed by atoms with Crippen LogP contribution in [0.3, 0.4) is 0 Å². The number of amides is 1. The van der Waals surface area contributed by atoms with E-state index in [1.165, 1.54) is 4.90 Å². The summed E-state index contributed by atoms with van der Waals surface area (Å²) in [6.07, 6.45) is 7.63. The van der Waals surface area contributed by atoms with Crippen molar-refractivity contribution < 1.29 is 28.5 Å². The van der Waals surface area contributed by atoms with Crippen LogP contribution < -0.4 is 14.5 Å². The molecule has 0 spiro atoms. The van der Waals surface area contributed by atoms with Crippen molar-refractivity contribution in [1.29, 1.82) is 0 Å². The summed E-state index contributed by atoms with van der Waals surface area (Å²) >= 11 is 3.49. The fourth-order valence-electron chi connectivity index (χ4n) is 5.61. The van der Waals surface area contributed by atoms with E-state index in [0.29, 0.717) is 46.8 Å². The Morgan fingerprint density at radius 3 is 2.73 bits per heavy atom. The number of hydrogen-bond acceptors (Lipinski definition) is 10. The second-order valence-electron chi connectivity index (χ2n) is 11.7. The van der Waals surface area contributed by atoms with Crippen LogP contribution in [0.5, 0.6) is 5.75 Å². The molecule has 5 heterocycles. The van der Waals surface area contributed by atoms with E-state index < -0.39 is 6.09 Å². The maximum absolute atomic E-state index is 13.7. The van der Waals surface area contributed by atoms with Gasteiger partial charge >= 0.3 is 6.09 Å². The molecular weight excluding hydrogens is 632 g/mol. The van der Waals surface area contributed by atoms with Gasteiger partial charge in [0.2, 0.25) is 0 Å². The molecule has 0 radical (unpaired) electrons. The molecule has 238 valence electrons. The lowest BCUT2D eigenvalue weighted by Gasteiger charge is -2.43. The van der Waals surface area contributed by atoms with Crippen LogP contribution >= 0.6 is 15.9 Å². The quantitative estimate of drug-likeness (QED) is 0.262. The predicted molar refractivity (Wildman–Crippen MR) is 169 cm³/mol. The third kappa shape index (κ3) is 7.28. The number of carbonyl (C=O) groups is 1. The number of nitrogens with zero attached hydrogens (tertiary/aromatic N) is 6. The van der Waals surface area contributed by atoms with Crippen LogP contribution in [0.2, 0.25) is 0 Å². The Labute approximate surface area is 266 Å². The average Bonchev–Trinajstić information content (AvgIpc) is 3.47. The van der Waals surface area contributed by atoms with E-state index >= 15 is 0 Å². The van der Waals surface area contributed by atoms with Crippen LogP contribution in [0, 0.1) is 5.92 Å². The summed E-state index contributed by atoms with van der Waals surface area (Å²) < 4.78 is 31.6. The Balaban J connectivity index is 1.29. The number of benzene rings is 1. The molecule has 12 nitrogen and oxygen atoms in total. The van der Waals surface area contributed by atoms with E-state index in [2.05, 4.69) is 35.7 Å². The first-order valence-corrected chi connectivity index (χ1v) is 16.3. The van der Waals surface area contributed by atoms with Gasteiger partial charge in [-0.25, -0.2) is 19.7 Å². The molecule has 1 amide bonds. The van der Waals surface area contributed by atoms with Gasteiger partial charge in [0.25, 0.3) is 0 Å². The van der Waals surface area contributed by atoms with Gasteiger partial charge in [-0.05, 0) is 53.2 Å². The molecule has 1 unspecified atom stereocenters. The number of halogens is 1. The van der Waals surface area contributed by atoms with Crippen molar-refractivity contribution in [3.8, 4) is 5.75 Å². The molecule has 0 N–H and O–H groups in total. The fourth-order valence-corrected chi connectivity index (χ4v) is 6.00. The molecule has 6 rings (SSSR count). The highest BCUT2D eigenvalue weighted by Gasteiger charge is 2.31. The topological polar surface area (TPSA) is 103 Å². The first-order chi connectivity index (χ1) is 21.5. The minimum absolute atomic E-state index is 0.169. The summed E-state index contributed by atoms with van der Waals surface area (Å²) in [4.78, 5) is 29.1. The number of fused-ring (bicyclic) bond motifs is 1. The van der Waals surface area contributed by atoms with Gasteiger partial charge in [0, 0.05) is 57.4 Å². The van der Waals surface area contributed by atoms with E-state index in [1.807, 2.05) is 42.6 Å². The van der Waals surface area contributed by atoms with Gasteiger partial charge in [-0.1, -0.05) is 13.8 Å². The summed E-state index contributed by atoms with van der Waals surface area (Å²) in [6.45, 7) is 11.0. The zero-order valence-electron chi connectivity index (χ0n) is 25.4. The molecule has 1 aromatic carbocycles. The Hall–Kier alpha value is -2.97. The lowest BCUT2D eigenvalue weighted by molar-refractivity contribution is -0.165. The lowest BCUT2D eigenvalue weighted by Crippen LogP contribution is -2.56. The number of hydrogen-bond donors (Lipinski definition) is 0. The van der Waals surface area contributed by atoms with Gasteiger partial charge in [0.05, 0.1) is 43.8 Å².